The van der Waals surface area contributed by atoms with Gasteiger partial charge in [-0.25, -0.2) is 4.79 Å². The van der Waals surface area contributed by atoms with Crippen LogP contribution < -0.4 is 0 Å². The average molecular weight is 344 g/mol. The lowest BCUT2D eigenvalue weighted by Crippen LogP contribution is -2.48. The molecule has 0 aromatic carbocycles. The van der Waals surface area contributed by atoms with Crippen LogP contribution in [0.1, 0.15) is 52.4 Å². The summed E-state index contributed by atoms with van der Waals surface area (Å²) in [5.41, 5.74) is 1.42. The number of rotatable bonds is 2. The molecule has 3 fully saturated rings. The van der Waals surface area contributed by atoms with E-state index in [-0.39, 0.29) is 17.3 Å². The first-order valence-corrected chi connectivity index (χ1v) is 9.79. The van der Waals surface area contributed by atoms with Crippen LogP contribution in [0.5, 0.6) is 0 Å². The predicted octanol–water partition coefficient (Wildman–Crippen LogP) is 4.45. The van der Waals surface area contributed by atoms with Crippen LogP contribution in [0.25, 0.3) is 0 Å². The van der Waals surface area contributed by atoms with E-state index in [2.05, 4.69) is 13.0 Å². The van der Waals surface area contributed by atoms with E-state index in [0.717, 1.165) is 32.1 Å². The van der Waals surface area contributed by atoms with Crippen LogP contribution in [0, 0.1) is 29.1 Å². The number of ether oxygens (including phenoxy) is 2. The zero-order valence-electron chi connectivity index (χ0n) is 15.2. The van der Waals surface area contributed by atoms with Gasteiger partial charge in [0.05, 0.1) is 6.61 Å². The molecule has 6 atom stereocenters. The van der Waals surface area contributed by atoms with E-state index in [1.807, 2.05) is 6.08 Å². The van der Waals surface area contributed by atoms with Crippen LogP contribution in [0.3, 0.4) is 0 Å². The lowest BCUT2D eigenvalue weighted by atomic mass is 9.53. The van der Waals surface area contributed by atoms with Crippen molar-refractivity contribution in [2.45, 2.75) is 58.5 Å². The van der Waals surface area contributed by atoms with E-state index < -0.39 is 6.16 Å². The van der Waals surface area contributed by atoms with Crippen molar-refractivity contribution in [1.82, 2.24) is 0 Å². The quantitative estimate of drug-likeness (QED) is 0.695. The molecule has 0 saturated heterocycles. The van der Waals surface area contributed by atoms with Crippen LogP contribution in [0.15, 0.2) is 23.8 Å². The number of carbonyl (C=O) groups excluding carboxylic acids is 2. The van der Waals surface area contributed by atoms with Crippen molar-refractivity contribution in [2.75, 3.05) is 6.61 Å². The summed E-state index contributed by atoms with van der Waals surface area (Å²) in [6, 6.07) is 0. The third kappa shape index (κ3) is 2.74. The summed E-state index contributed by atoms with van der Waals surface area (Å²) in [5.74, 6) is 2.52. The molecule has 3 saturated carbocycles. The fourth-order valence-corrected chi connectivity index (χ4v) is 6.23. The van der Waals surface area contributed by atoms with Gasteiger partial charge in [0, 0.05) is 11.3 Å². The van der Waals surface area contributed by atoms with Gasteiger partial charge in [-0.1, -0.05) is 18.6 Å². The Kier molecular flexibility index (Phi) is 4.25. The Balaban J connectivity index is 1.52. The number of allylic oxidation sites excluding steroid dienone is 4. The lowest BCUT2D eigenvalue weighted by molar-refractivity contribution is -0.110. The first kappa shape index (κ1) is 16.9. The Morgan fingerprint density at radius 2 is 2.08 bits per heavy atom. The summed E-state index contributed by atoms with van der Waals surface area (Å²) < 4.78 is 10.7. The monoisotopic (exact) mass is 344 g/mol. The molecule has 0 bridgehead atoms. The molecule has 136 valence electrons. The van der Waals surface area contributed by atoms with E-state index >= 15 is 0 Å². The summed E-state index contributed by atoms with van der Waals surface area (Å²) in [7, 11) is 0. The van der Waals surface area contributed by atoms with Crippen molar-refractivity contribution in [3.63, 3.8) is 0 Å². The highest BCUT2D eigenvalue weighted by Gasteiger charge is 2.57. The minimum atomic E-state index is -0.515. The molecule has 4 aliphatic rings. The summed E-state index contributed by atoms with van der Waals surface area (Å²) in [4.78, 5) is 23.5. The Hall–Kier alpha value is -1.58. The van der Waals surface area contributed by atoms with Gasteiger partial charge >= 0.3 is 6.16 Å². The van der Waals surface area contributed by atoms with Gasteiger partial charge in [0.1, 0.15) is 6.10 Å². The predicted molar refractivity (Wildman–Crippen MR) is 93.9 cm³/mol. The van der Waals surface area contributed by atoms with Crippen LogP contribution >= 0.6 is 0 Å². The van der Waals surface area contributed by atoms with E-state index in [4.69, 9.17) is 9.47 Å². The fraction of sp³-hybridized carbons (Fsp3) is 0.714. The molecule has 4 rings (SSSR count). The molecule has 0 aromatic heterocycles. The molecule has 4 heteroatoms. The first-order chi connectivity index (χ1) is 12.0. The summed E-state index contributed by atoms with van der Waals surface area (Å²) in [6.07, 6.45) is 11.8. The van der Waals surface area contributed by atoms with Crippen molar-refractivity contribution in [2.24, 2.45) is 29.1 Å². The van der Waals surface area contributed by atoms with Gasteiger partial charge in [-0.3, -0.25) is 4.79 Å². The number of ketones is 1. The van der Waals surface area contributed by atoms with E-state index in [1.54, 1.807) is 13.0 Å². The van der Waals surface area contributed by atoms with Crippen LogP contribution in [0.4, 0.5) is 4.79 Å². The molecule has 0 N–H and O–H groups in total. The molecule has 0 spiro atoms. The van der Waals surface area contributed by atoms with E-state index in [9.17, 15) is 9.59 Å². The topological polar surface area (TPSA) is 52.6 Å². The number of hydrogen-bond acceptors (Lipinski definition) is 4. The maximum absolute atomic E-state index is 11.8. The number of carbonyl (C=O) groups is 2. The normalized spacial score (nSPS) is 42.1. The summed E-state index contributed by atoms with van der Waals surface area (Å²) in [6.45, 7) is 4.48. The largest absolute Gasteiger partial charge is 0.508 e. The smallest absolute Gasteiger partial charge is 0.435 e. The first-order valence-electron chi connectivity index (χ1n) is 9.79. The number of fused-ring (bicyclic) bond motifs is 5. The SMILES string of the molecule is CCOC(=O)O[C@H]1CC[C@H]2[C@@H]3CCC4=CC(=O)C=C[C@@H]4[C@H]3CC[C@]12C. The number of hydrogen-bond donors (Lipinski definition) is 0. The molecule has 25 heavy (non-hydrogen) atoms. The molecular formula is C21H28O4. The maximum Gasteiger partial charge on any atom is 0.508 e. The summed E-state index contributed by atoms with van der Waals surface area (Å²) in [5, 5.41) is 0. The van der Waals surface area contributed by atoms with E-state index in [0.29, 0.717) is 30.3 Å². The Morgan fingerprint density at radius 3 is 2.88 bits per heavy atom. The Morgan fingerprint density at radius 1 is 1.24 bits per heavy atom. The van der Waals surface area contributed by atoms with Gasteiger partial charge in [-0.05, 0) is 75.4 Å². The Bertz CT molecular complexity index is 634. The van der Waals surface area contributed by atoms with Gasteiger partial charge in [-0.15, -0.1) is 0 Å². The highest BCUT2D eigenvalue weighted by Crippen LogP contribution is 2.61. The van der Waals surface area contributed by atoms with Crippen molar-refractivity contribution in [1.29, 1.82) is 0 Å². The Labute approximate surface area is 149 Å². The molecule has 0 radical (unpaired) electrons. The van der Waals surface area contributed by atoms with Gasteiger partial charge in [0.25, 0.3) is 0 Å². The zero-order chi connectivity index (χ0) is 17.6. The van der Waals surface area contributed by atoms with Crippen LogP contribution in [-0.2, 0) is 14.3 Å². The molecule has 0 heterocycles. The minimum Gasteiger partial charge on any atom is -0.435 e. The van der Waals surface area contributed by atoms with Gasteiger partial charge in [0.2, 0.25) is 0 Å². The zero-order valence-corrected chi connectivity index (χ0v) is 15.2. The van der Waals surface area contributed by atoms with Gasteiger partial charge < -0.3 is 9.47 Å². The van der Waals surface area contributed by atoms with Crippen molar-refractivity contribution >= 4 is 11.9 Å². The molecule has 0 aromatic rings. The summed E-state index contributed by atoms with van der Waals surface area (Å²) >= 11 is 0. The second-order valence-electron chi connectivity index (χ2n) is 8.39. The second-order valence-corrected chi connectivity index (χ2v) is 8.39. The maximum atomic E-state index is 11.8. The third-order valence-corrected chi connectivity index (χ3v) is 7.36. The minimum absolute atomic E-state index is 0.0158. The molecule has 0 amide bonds. The third-order valence-electron chi connectivity index (χ3n) is 7.36. The molecule has 0 unspecified atom stereocenters. The molecule has 0 aliphatic heterocycles. The second kappa shape index (κ2) is 6.30. The fourth-order valence-electron chi connectivity index (χ4n) is 6.23. The lowest BCUT2D eigenvalue weighted by Gasteiger charge is -2.52. The van der Waals surface area contributed by atoms with Crippen molar-refractivity contribution in [3.8, 4) is 0 Å². The highest BCUT2D eigenvalue weighted by molar-refractivity contribution is 6.00. The van der Waals surface area contributed by atoms with Gasteiger partial charge in [0.15, 0.2) is 5.78 Å². The van der Waals surface area contributed by atoms with E-state index in [1.165, 1.54) is 12.0 Å². The van der Waals surface area contributed by atoms with Crippen LogP contribution in [0.2, 0.25) is 0 Å². The van der Waals surface area contributed by atoms with Gasteiger partial charge in [-0.2, -0.15) is 0 Å². The van der Waals surface area contributed by atoms with Crippen molar-refractivity contribution in [3.05, 3.63) is 23.8 Å². The van der Waals surface area contributed by atoms with Crippen molar-refractivity contribution < 1.29 is 19.1 Å². The standard InChI is InChI=1S/C21H28O4/c1-3-24-20(23)25-19-9-8-18-17-6-4-13-12-14(22)5-7-15(13)16(17)10-11-21(18,19)2/h5,7,12,15-19H,3-4,6,8-11H2,1-2H3/t15-,16+,17+,18-,19-,21-/m0/s1. The molecule has 4 aliphatic carbocycles. The molecule has 4 nitrogen and oxygen atoms in total. The van der Waals surface area contributed by atoms with Crippen LogP contribution in [-0.4, -0.2) is 24.6 Å². The average Bonchev–Trinajstić information content (AvgIpc) is 2.91. The molecular weight excluding hydrogens is 316 g/mol. The highest BCUT2D eigenvalue weighted by atomic mass is 16.7.